The highest BCUT2D eigenvalue weighted by Crippen LogP contribution is 2.19. The standard InChI is InChI=1S/C14H23N3O2S/c1-14(2,3)8-9-20(18,19)17-10-11-4-6-12(7-5-11)13(15)16/h4-7,17H,8-10H2,1-3H3,(H3,15,16). The molecule has 6 heteroatoms. The van der Waals surface area contributed by atoms with Crippen molar-refractivity contribution in [3.63, 3.8) is 0 Å². The van der Waals surface area contributed by atoms with Gasteiger partial charge >= 0.3 is 0 Å². The molecule has 0 atom stereocenters. The Morgan fingerprint density at radius 3 is 2.25 bits per heavy atom. The van der Waals surface area contributed by atoms with Crippen LogP contribution in [-0.2, 0) is 16.6 Å². The van der Waals surface area contributed by atoms with Gasteiger partial charge in [0.05, 0.1) is 5.75 Å². The third-order valence-electron chi connectivity index (χ3n) is 2.88. The summed E-state index contributed by atoms with van der Waals surface area (Å²) in [5.41, 5.74) is 6.83. The second kappa shape index (κ2) is 6.37. The summed E-state index contributed by atoms with van der Waals surface area (Å²) in [6, 6.07) is 6.95. The Kier molecular flexibility index (Phi) is 5.30. The maximum Gasteiger partial charge on any atom is 0.211 e. The van der Waals surface area contributed by atoms with Gasteiger partial charge in [0, 0.05) is 12.1 Å². The molecule has 1 aromatic carbocycles. The lowest BCUT2D eigenvalue weighted by Crippen LogP contribution is -2.28. The van der Waals surface area contributed by atoms with E-state index in [1.807, 2.05) is 20.8 Å². The number of amidine groups is 1. The van der Waals surface area contributed by atoms with Crippen LogP contribution in [0.5, 0.6) is 0 Å². The van der Waals surface area contributed by atoms with Crippen LogP contribution in [0.3, 0.4) is 0 Å². The van der Waals surface area contributed by atoms with Crippen LogP contribution in [0, 0.1) is 10.8 Å². The predicted molar refractivity (Wildman–Crippen MR) is 82.2 cm³/mol. The Balaban J connectivity index is 2.56. The first kappa shape index (κ1) is 16.7. The minimum atomic E-state index is -3.26. The molecule has 0 unspecified atom stereocenters. The van der Waals surface area contributed by atoms with E-state index < -0.39 is 10.0 Å². The quantitative estimate of drug-likeness (QED) is 0.552. The first-order chi connectivity index (χ1) is 9.09. The van der Waals surface area contributed by atoms with Crippen molar-refractivity contribution in [2.75, 3.05) is 5.75 Å². The lowest BCUT2D eigenvalue weighted by Gasteiger charge is -2.17. The minimum absolute atomic E-state index is 0.00210. The largest absolute Gasteiger partial charge is 0.384 e. The van der Waals surface area contributed by atoms with Crippen molar-refractivity contribution in [1.82, 2.24) is 4.72 Å². The van der Waals surface area contributed by atoms with Gasteiger partial charge in [0.2, 0.25) is 10.0 Å². The third-order valence-corrected chi connectivity index (χ3v) is 4.21. The number of nitrogens with two attached hydrogens (primary N) is 1. The van der Waals surface area contributed by atoms with E-state index in [2.05, 4.69) is 4.72 Å². The van der Waals surface area contributed by atoms with Crippen LogP contribution < -0.4 is 10.5 Å². The zero-order chi connectivity index (χ0) is 15.4. The fraction of sp³-hybridized carbons (Fsp3) is 0.500. The molecule has 112 valence electrons. The molecule has 0 amide bonds. The molecule has 0 saturated heterocycles. The number of hydrogen-bond donors (Lipinski definition) is 3. The van der Waals surface area contributed by atoms with Gasteiger partial charge < -0.3 is 5.73 Å². The van der Waals surface area contributed by atoms with Gasteiger partial charge in [-0.25, -0.2) is 13.1 Å². The normalized spacial score (nSPS) is 12.3. The lowest BCUT2D eigenvalue weighted by atomic mass is 9.94. The molecule has 1 rings (SSSR count). The summed E-state index contributed by atoms with van der Waals surface area (Å²) in [6.45, 7) is 6.31. The van der Waals surface area contributed by atoms with Gasteiger partial charge in [-0.05, 0) is 17.4 Å². The topological polar surface area (TPSA) is 96.0 Å². The molecule has 0 saturated carbocycles. The van der Waals surface area contributed by atoms with Crippen LogP contribution in [0.25, 0.3) is 0 Å². The summed E-state index contributed by atoms with van der Waals surface area (Å²) in [6.07, 6.45) is 0.617. The molecule has 0 bridgehead atoms. The van der Waals surface area contributed by atoms with E-state index in [1.165, 1.54) is 0 Å². The van der Waals surface area contributed by atoms with Crippen molar-refractivity contribution in [1.29, 1.82) is 5.41 Å². The Bertz CT molecular complexity index is 557. The fourth-order valence-corrected chi connectivity index (χ4v) is 2.92. The summed E-state index contributed by atoms with van der Waals surface area (Å²) in [7, 11) is -3.26. The van der Waals surface area contributed by atoms with Crippen molar-refractivity contribution < 1.29 is 8.42 Å². The third kappa shape index (κ3) is 6.16. The molecule has 0 heterocycles. The molecule has 0 spiro atoms. The molecule has 0 aliphatic rings. The Labute approximate surface area is 121 Å². The second-order valence-electron chi connectivity index (χ2n) is 6.06. The summed E-state index contributed by atoms with van der Waals surface area (Å²) in [4.78, 5) is 0. The summed E-state index contributed by atoms with van der Waals surface area (Å²) < 4.78 is 26.3. The van der Waals surface area contributed by atoms with Gasteiger partial charge in [0.1, 0.15) is 5.84 Å². The molecule has 1 aromatic rings. The smallest absolute Gasteiger partial charge is 0.211 e. The Morgan fingerprint density at radius 1 is 1.25 bits per heavy atom. The first-order valence-corrected chi connectivity index (χ1v) is 8.15. The zero-order valence-corrected chi connectivity index (χ0v) is 13.0. The van der Waals surface area contributed by atoms with E-state index in [-0.39, 0.29) is 23.5 Å². The molecule has 0 aliphatic carbocycles. The average molecular weight is 297 g/mol. The van der Waals surface area contributed by atoms with Crippen LogP contribution >= 0.6 is 0 Å². The van der Waals surface area contributed by atoms with E-state index in [0.29, 0.717) is 12.0 Å². The Hall–Kier alpha value is -1.40. The first-order valence-electron chi connectivity index (χ1n) is 6.50. The summed E-state index contributed by atoms with van der Waals surface area (Å²) in [5, 5.41) is 7.29. The Morgan fingerprint density at radius 2 is 1.80 bits per heavy atom. The molecule has 0 aromatic heterocycles. The molecule has 0 fully saturated rings. The monoisotopic (exact) mass is 297 g/mol. The molecule has 4 N–H and O–H groups in total. The SMILES string of the molecule is CC(C)(C)CCS(=O)(=O)NCc1ccc(C(=N)N)cc1. The number of sulfonamides is 1. The predicted octanol–water partition coefficient (Wildman–Crippen LogP) is 1.83. The zero-order valence-electron chi connectivity index (χ0n) is 12.2. The fourth-order valence-electron chi connectivity index (χ4n) is 1.51. The lowest BCUT2D eigenvalue weighted by molar-refractivity contribution is 0.396. The van der Waals surface area contributed by atoms with Crippen LogP contribution in [0.1, 0.15) is 38.3 Å². The molecule has 20 heavy (non-hydrogen) atoms. The molecule has 5 nitrogen and oxygen atoms in total. The number of rotatable bonds is 6. The highest BCUT2D eigenvalue weighted by molar-refractivity contribution is 7.89. The van der Waals surface area contributed by atoms with Gasteiger partial charge in [-0.1, -0.05) is 45.0 Å². The van der Waals surface area contributed by atoms with Crippen molar-refractivity contribution in [3.05, 3.63) is 35.4 Å². The molecular formula is C14H23N3O2S. The number of nitrogens with one attached hydrogen (secondary N) is 2. The van der Waals surface area contributed by atoms with Gasteiger partial charge in [-0.2, -0.15) is 0 Å². The van der Waals surface area contributed by atoms with Crippen molar-refractivity contribution in [2.45, 2.75) is 33.7 Å². The van der Waals surface area contributed by atoms with Crippen LogP contribution in [0.2, 0.25) is 0 Å². The molecular weight excluding hydrogens is 274 g/mol. The number of hydrogen-bond acceptors (Lipinski definition) is 3. The van der Waals surface area contributed by atoms with Crippen LogP contribution in [-0.4, -0.2) is 20.0 Å². The van der Waals surface area contributed by atoms with Crippen molar-refractivity contribution in [3.8, 4) is 0 Å². The van der Waals surface area contributed by atoms with Gasteiger partial charge in [-0.15, -0.1) is 0 Å². The number of nitrogen functional groups attached to an aromatic ring is 1. The molecule has 0 radical (unpaired) electrons. The van der Waals surface area contributed by atoms with E-state index in [1.54, 1.807) is 24.3 Å². The van der Waals surface area contributed by atoms with Crippen molar-refractivity contribution in [2.24, 2.45) is 11.1 Å². The number of benzene rings is 1. The summed E-state index contributed by atoms with van der Waals surface area (Å²) in [5.74, 6) is 0.129. The van der Waals surface area contributed by atoms with Crippen LogP contribution in [0.4, 0.5) is 0 Å². The van der Waals surface area contributed by atoms with E-state index in [4.69, 9.17) is 11.1 Å². The van der Waals surface area contributed by atoms with Gasteiger partial charge in [0.25, 0.3) is 0 Å². The molecule has 0 aliphatic heterocycles. The van der Waals surface area contributed by atoms with E-state index in [0.717, 1.165) is 5.56 Å². The highest BCUT2D eigenvalue weighted by Gasteiger charge is 2.16. The maximum absolute atomic E-state index is 11.9. The highest BCUT2D eigenvalue weighted by atomic mass is 32.2. The second-order valence-corrected chi connectivity index (χ2v) is 7.99. The summed E-state index contributed by atoms with van der Waals surface area (Å²) >= 11 is 0. The maximum atomic E-state index is 11.9. The average Bonchev–Trinajstić information content (AvgIpc) is 2.34. The van der Waals surface area contributed by atoms with Gasteiger partial charge in [0.15, 0.2) is 0 Å². The van der Waals surface area contributed by atoms with E-state index in [9.17, 15) is 8.42 Å². The van der Waals surface area contributed by atoms with Crippen molar-refractivity contribution >= 4 is 15.9 Å². The van der Waals surface area contributed by atoms with Crippen LogP contribution in [0.15, 0.2) is 24.3 Å². The van der Waals surface area contributed by atoms with Gasteiger partial charge in [-0.3, -0.25) is 5.41 Å². The van der Waals surface area contributed by atoms with E-state index >= 15 is 0 Å². The minimum Gasteiger partial charge on any atom is -0.384 e.